The number of anilines is 1. The predicted octanol–water partition coefficient (Wildman–Crippen LogP) is 4.04. The highest BCUT2D eigenvalue weighted by Gasteiger charge is 2.18. The van der Waals surface area contributed by atoms with Crippen molar-refractivity contribution in [1.29, 1.82) is 0 Å². The predicted molar refractivity (Wildman–Crippen MR) is 106 cm³/mol. The molecule has 7 nitrogen and oxygen atoms in total. The van der Waals surface area contributed by atoms with Crippen molar-refractivity contribution < 1.29 is 29.3 Å². The van der Waals surface area contributed by atoms with Crippen molar-refractivity contribution >= 4 is 24.0 Å². The topological polar surface area (TPSA) is 104 Å². The molecule has 0 saturated carbocycles. The average molecular weight is 391 g/mol. The summed E-state index contributed by atoms with van der Waals surface area (Å²) < 4.78 is 5.72. The highest BCUT2D eigenvalue weighted by molar-refractivity contribution is 6.00. The van der Waals surface area contributed by atoms with Gasteiger partial charge in [-0.25, -0.2) is 9.59 Å². The molecule has 146 valence electrons. The van der Waals surface area contributed by atoms with Gasteiger partial charge in [-0.1, -0.05) is 30.3 Å². The van der Waals surface area contributed by atoms with E-state index in [1.54, 1.807) is 24.3 Å². The van der Waals surface area contributed by atoms with Gasteiger partial charge in [-0.05, 0) is 48.0 Å². The van der Waals surface area contributed by atoms with Gasteiger partial charge in [0.05, 0.1) is 23.4 Å². The molecular weight excluding hydrogens is 374 g/mol. The van der Waals surface area contributed by atoms with Crippen LogP contribution in [-0.2, 0) is 11.3 Å². The van der Waals surface area contributed by atoms with Crippen LogP contribution in [0.2, 0.25) is 0 Å². The lowest BCUT2D eigenvalue weighted by Crippen LogP contribution is -2.23. The molecule has 0 aliphatic heterocycles. The molecule has 0 aromatic heterocycles. The van der Waals surface area contributed by atoms with Gasteiger partial charge in [0.25, 0.3) is 0 Å². The van der Waals surface area contributed by atoms with Gasteiger partial charge in [0.2, 0.25) is 6.41 Å². The van der Waals surface area contributed by atoms with E-state index in [0.717, 1.165) is 10.5 Å². The summed E-state index contributed by atoms with van der Waals surface area (Å²) in [6, 6.07) is 19.7. The zero-order valence-electron chi connectivity index (χ0n) is 15.2. The van der Waals surface area contributed by atoms with Gasteiger partial charge >= 0.3 is 11.9 Å². The molecule has 0 unspecified atom stereocenters. The van der Waals surface area contributed by atoms with Gasteiger partial charge in [-0.15, -0.1) is 0 Å². The third-order valence-corrected chi connectivity index (χ3v) is 4.17. The molecule has 0 bridgehead atoms. The molecule has 3 aromatic rings. The number of aromatic carboxylic acids is 2. The van der Waals surface area contributed by atoms with Gasteiger partial charge in [0.15, 0.2) is 0 Å². The second-order valence-electron chi connectivity index (χ2n) is 6.13. The van der Waals surface area contributed by atoms with Gasteiger partial charge in [0, 0.05) is 0 Å². The molecule has 3 aromatic carbocycles. The number of hydrogen-bond donors (Lipinski definition) is 2. The van der Waals surface area contributed by atoms with Crippen molar-refractivity contribution in [3.8, 4) is 11.5 Å². The zero-order chi connectivity index (χ0) is 20.8. The van der Waals surface area contributed by atoms with Crippen LogP contribution in [0.3, 0.4) is 0 Å². The number of rotatable bonds is 8. The van der Waals surface area contributed by atoms with Crippen molar-refractivity contribution in [1.82, 2.24) is 0 Å². The number of carbonyl (C=O) groups is 3. The largest absolute Gasteiger partial charge is 0.478 e. The van der Waals surface area contributed by atoms with Crippen LogP contribution in [0.25, 0.3) is 0 Å². The summed E-state index contributed by atoms with van der Waals surface area (Å²) in [7, 11) is 0. The van der Waals surface area contributed by atoms with Crippen molar-refractivity contribution in [2.45, 2.75) is 6.54 Å². The lowest BCUT2D eigenvalue weighted by Gasteiger charge is -2.20. The van der Waals surface area contributed by atoms with Crippen LogP contribution in [-0.4, -0.2) is 28.6 Å². The molecule has 3 rings (SSSR count). The SMILES string of the molecule is O=CN(Cc1ccc(Oc2ccccc2)cc1)c1cc(C(=O)O)ccc1C(=O)O. The van der Waals surface area contributed by atoms with Crippen molar-refractivity contribution in [2.75, 3.05) is 4.90 Å². The van der Waals surface area contributed by atoms with Crippen molar-refractivity contribution in [2.24, 2.45) is 0 Å². The summed E-state index contributed by atoms with van der Waals surface area (Å²) >= 11 is 0. The molecule has 0 aliphatic carbocycles. The minimum Gasteiger partial charge on any atom is -0.478 e. The molecule has 0 atom stereocenters. The average Bonchev–Trinajstić information content (AvgIpc) is 2.73. The molecule has 29 heavy (non-hydrogen) atoms. The Kier molecular flexibility index (Phi) is 5.89. The normalized spacial score (nSPS) is 10.2. The molecule has 0 spiro atoms. The molecule has 0 fully saturated rings. The third kappa shape index (κ3) is 4.78. The number of hydrogen-bond acceptors (Lipinski definition) is 4. The first-order chi connectivity index (χ1) is 14.0. The van der Waals surface area contributed by atoms with Gasteiger partial charge < -0.3 is 19.8 Å². The first-order valence-electron chi connectivity index (χ1n) is 8.62. The smallest absolute Gasteiger partial charge is 0.337 e. The maximum absolute atomic E-state index is 11.6. The number of para-hydroxylation sites is 1. The van der Waals surface area contributed by atoms with E-state index in [1.807, 2.05) is 30.3 Å². The number of ether oxygens (including phenoxy) is 1. The van der Waals surface area contributed by atoms with E-state index in [-0.39, 0.29) is 23.4 Å². The van der Waals surface area contributed by atoms with E-state index >= 15 is 0 Å². The minimum absolute atomic E-state index is 0.0111. The van der Waals surface area contributed by atoms with Crippen LogP contribution < -0.4 is 9.64 Å². The summed E-state index contributed by atoms with van der Waals surface area (Å²) in [6.07, 6.45) is 0.474. The Morgan fingerprint density at radius 3 is 2.10 bits per heavy atom. The summed E-state index contributed by atoms with van der Waals surface area (Å²) in [4.78, 5) is 35.5. The number of carboxylic acids is 2. The summed E-state index contributed by atoms with van der Waals surface area (Å²) in [5.41, 5.74) is 0.459. The van der Waals surface area contributed by atoms with Crippen LogP contribution in [0.1, 0.15) is 26.3 Å². The van der Waals surface area contributed by atoms with E-state index < -0.39 is 11.9 Å². The summed E-state index contributed by atoms with van der Waals surface area (Å²) in [6.45, 7) is 0.0679. The Morgan fingerprint density at radius 2 is 1.52 bits per heavy atom. The first-order valence-corrected chi connectivity index (χ1v) is 8.62. The minimum atomic E-state index is -1.25. The van der Waals surface area contributed by atoms with Crippen LogP contribution in [0.5, 0.6) is 11.5 Å². The Hall–Kier alpha value is -4.13. The standard InChI is InChI=1S/C22H17NO6/c24-14-23(20-12-16(21(25)26)8-11-19(20)22(27)28)13-15-6-9-18(10-7-15)29-17-4-2-1-3-5-17/h1-12,14H,13H2,(H,25,26)(H,27,28). The van der Waals surface area contributed by atoms with E-state index in [2.05, 4.69) is 0 Å². The number of carboxylic acid groups (broad SMARTS) is 2. The summed E-state index contributed by atoms with van der Waals surface area (Å²) in [5, 5.41) is 18.5. The maximum atomic E-state index is 11.6. The number of nitrogens with zero attached hydrogens (tertiary/aromatic N) is 1. The molecule has 2 N–H and O–H groups in total. The Bertz CT molecular complexity index is 1030. The van der Waals surface area contributed by atoms with Crippen LogP contribution >= 0.6 is 0 Å². The monoisotopic (exact) mass is 391 g/mol. The fraction of sp³-hybridized carbons (Fsp3) is 0.0455. The van der Waals surface area contributed by atoms with Crippen LogP contribution in [0, 0.1) is 0 Å². The second kappa shape index (κ2) is 8.71. The molecule has 0 saturated heterocycles. The Balaban J connectivity index is 1.83. The molecule has 0 aliphatic rings. The molecule has 7 heteroatoms. The lowest BCUT2D eigenvalue weighted by molar-refractivity contribution is -0.107. The van der Waals surface area contributed by atoms with Gasteiger partial charge in [0.1, 0.15) is 11.5 Å². The molecule has 0 radical (unpaired) electrons. The van der Waals surface area contributed by atoms with E-state index in [1.165, 1.54) is 18.2 Å². The molecular formula is C22H17NO6. The highest BCUT2D eigenvalue weighted by atomic mass is 16.5. The maximum Gasteiger partial charge on any atom is 0.337 e. The van der Waals surface area contributed by atoms with Crippen LogP contribution in [0.15, 0.2) is 72.8 Å². The first kappa shape index (κ1) is 19.6. The molecule has 0 heterocycles. The van der Waals surface area contributed by atoms with Crippen molar-refractivity contribution in [3.05, 3.63) is 89.5 Å². The highest BCUT2D eigenvalue weighted by Crippen LogP contribution is 2.25. The van der Waals surface area contributed by atoms with Crippen LogP contribution in [0.4, 0.5) is 5.69 Å². The number of carbonyl (C=O) groups excluding carboxylic acids is 1. The van der Waals surface area contributed by atoms with Gasteiger partial charge in [-0.3, -0.25) is 4.79 Å². The van der Waals surface area contributed by atoms with Crippen molar-refractivity contribution in [3.63, 3.8) is 0 Å². The quantitative estimate of drug-likeness (QED) is 0.562. The summed E-state index contributed by atoms with van der Waals surface area (Å²) in [5.74, 6) is -1.17. The Morgan fingerprint density at radius 1 is 0.862 bits per heavy atom. The molecule has 1 amide bonds. The van der Waals surface area contributed by atoms with E-state index in [0.29, 0.717) is 17.9 Å². The fourth-order valence-corrected chi connectivity index (χ4v) is 2.75. The van der Waals surface area contributed by atoms with Gasteiger partial charge in [-0.2, -0.15) is 0 Å². The van der Waals surface area contributed by atoms with E-state index in [9.17, 15) is 19.5 Å². The third-order valence-electron chi connectivity index (χ3n) is 4.17. The van der Waals surface area contributed by atoms with E-state index in [4.69, 9.17) is 9.84 Å². The Labute approximate surface area is 166 Å². The number of benzene rings is 3. The number of amides is 1. The lowest BCUT2D eigenvalue weighted by atomic mass is 10.1. The fourth-order valence-electron chi connectivity index (χ4n) is 2.75. The second-order valence-corrected chi connectivity index (χ2v) is 6.13. The zero-order valence-corrected chi connectivity index (χ0v) is 15.2.